The van der Waals surface area contributed by atoms with Crippen LogP contribution in [0.1, 0.15) is 29.7 Å². The summed E-state index contributed by atoms with van der Waals surface area (Å²) in [7, 11) is 0. The Morgan fingerprint density at radius 1 is 1.38 bits per heavy atom. The van der Waals surface area contributed by atoms with Gasteiger partial charge in [0.25, 0.3) is 0 Å². The first-order chi connectivity index (χ1) is 7.68. The van der Waals surface area contributed by atoms with E-state index in [1.807, 2.05) is 6.07 Å². The molecule has 2 heterocycles. The van der Waals surface area contributed by atoms with Gasteiger partial charge in [-0.05, 0) is 30.0 Å². The molecule has 0 fully saturated rings. The molecule has 2 aromatic rings. The van der Waals surface area contributed by atoms with Crippen LogP contribution in [-0.2, 0) is 6.54 Å². The Balaban J connectivity index is 2.37. The van der Waals surface area contributed by atoms with Gasteiger partial charge in [-0.15, -0.1) is 0 Å². The highest BCUT2D eigenvalue weighted by Crippen LogP contribution is 2.34. The Morgan fingerprint density at radius 3 is 3.00 bits per heavy atom. The highest BCUT2D eigenvalue weighted by molar-refractivity contribution is 6.32. The monoisotopic (exact) mass is 234 g/mol. The molecule has 0 saturated heterocycles. The molecule has 0 radical (unpaired) electrons. The van der Waals surface area contributed by atoms with Crippen molar-refractivity contribution in [2.45, 2.75) is 26.3 Å². The fourth-order valence-electron chi connectivity index (χ4n) is 2.67. The summed E-state index contributed by atoms with van der Waals surface area (Å²) in [5, 5.41) is 5.60. The van der Waals surface area contributed by atoms with Gasteiger partial charge in [0.1, 0.15) is 0 Å². The summed E-state index contributed by atoms with van der Waals surface area (Å²) < 4.78 is 0. The summed E-state index contributed by atoms with van der Waals surface area (Å²) in [4.78, 5) is 3.51. The Bertz CT molecular complexity index is 557. The Kier molecular flexibility index (Phi) is 2.23. The van der Waals surface area contributed by atoms with E-state index in [1.165, 1.54) is 22.2 Å². The number of fused-ring (bicyclic) bond motifs is 3. The maximum Gasteiger partial charge on any atom is 0.0504 e. The van der Waals surface area contributed by atoms with Gasteiger partial charge in [-0.3, -0.25) is 0 Å². The largest absolute Gasteiger partial charge is 0.357 e. The van der Waals surface area contributed by atoms with Gasteiger partial charge in [0.2, 0.25) is 0 Å². The van der Waals surface area contributed by atoms with Crippen LogP contribution in [0.4, 0.5) is 0 Å². The van der Waals surface area contributed by atoms with Crippen LogP contribution in [0.25, 0.3) is 10.9 Å². The van der Waals surface area contributed by atoms with Crippen molar-refractivity contribution in [2.75, 3.05) is 6.54 Å². The number of rotatable bonds is 0. The van der Waals surface area contributed by atoms with Crippen molar-refractivity contribution in [1.29, 1.82) is 0 Å². The van der Waals surface area contributed by atoms with Crippen LogP contribution in [-0.4, -0.2) is 11.5 Å². The molecule has 2 N–H and O–H groups in total. The van der Waals surface area contributed by atoms with Crippen molar-refractivity contribution in [2.24, 2.45) is 0 Å². The van der Waals surface area contributed by atoms with E-state index in [2.05, 4.69) is 30.2 Å². The van der Waals surface area contributed by atoms with Gasteiger partial charge in [0, 0.05) is 29.2 Å². The number of aryl methyl sites for hydroxylation is 1. The maximum absolute atomic E-state index is 6.15. The van der Waals surface area contributed by atoms with E-state index in [0.29, 0.717) is 5.92 Å². The number of hydrogen-bond acceptors (Lipinski definition) is 1. The number of aromatic amines is 1. The molecule has 0 saturated carbocycles. The summed E-state index contributed by atoms with van der Waals surface area (Å²) in [5.41, 5.74) is 5.14. The van der Waals surface area contributed by atoms with Gasteiger partial charge in [0.05, 0.1) is 5.52 Å². The molecule has 1 aromatic carbocycles. The maximum atomic E-state index is 6.15. The second-order valence-electron chi connectivity index (χ2n) is 4.64. The van der Waals surface area contributed by atoms with Crippen molar-refractivity contribution in [3.05, 3.63) is 34.0 Å². The van der Waals surface area contributed by atoms with E-state index in [9.17, 15) is 0 Å². The summed E-state index contributed by atoms with van der Waals surface area (Å²) in [6.07, 6.45) is 0. The zero-order chi connectivity index (χ0) is 11.3. The van der Waals surface area contributed by atoms with E-state index >= 15 is 0 Å². The number of H-pyrrole nitrogens is 1. The molecule has 0 spiro atoms. The number of halogens is 1. The molecule has 1 aliphatic rings. The lowest BCUT2D eigenvalue weighted by molar-refractivity contribution is 0.568. The SMILES string of the molecule is Cc1c(Cl)ccc2c3c([nH]c12)CNCC3C. The van der Waals surface area contributed by atoms with Crippen LogP contribution in [0.3, 0.4) is 0 Å². The van der Waals surface area contributed by atoms with E-state index < -0.39 is 0 Å². The summed E-state index contributed by atoms with van der Waals surface area (Å²) >= 11 is 6.15. The zero-order valence-electron chi connectivity index (χ0n) is 9.52. The smallest absolute Gasteiger partial charge is 0.0504 e. The molecule has 84 valence electrons. The van der Waals surface area contributed by atoms with E-state index in [-0.39, 0.29) is 0 Å². The molecule has 3 rings (SSSR count). The molecule has 1 unspecified atom stereocenters. The van der Waals surface area contributed by atoms with Crippen LogP contribution in [0, 0.1) is 6.92 Å². The third-order valence-electron chi connectivity index (χ3n) is 3.54. The van der Waals surface area contributed by atoms with E-state index in [1.54, 1.807) is 0 Å². The van der Waals surface area contributed by atoms with Crippen molar-refractivity contribution >= 4 is 22.5 Å². The van der Waals surface area contributed by atoms with Crippen LogP contribution < -0.4 is 5.32 Å². The van der Waals surface area contributed by atoms with E-state index in [4.69, 9.17) is 11.6 Å². The zero-order valence-corrected chi connectivity index (χ0v) is 10.3. The van der Waals surface area contributed by atoms with Gasteiger partial charge in [-0.1, -0.05) is 24.6 Å². The minimum absolute atomic E-state index is 0.568. The lowest BCUT2D eigenvalue weighted by Gasteiger charge is -2.20. The standard InChI is InChI=1S/C13H15ClN2/c1-7-5-15-6-11-12(7)9-3-4-10(14)8(2)13(9)16-11/h3-4,7,15-16H,5-6H2,1-2H3. The topological polar surface area (TPSA) is 27.8 Å². The second kappa shape index (κ2) is 3.51. The number of nitrogens with one attached hydrogen (secondary N) is 2. The quantitative estimate of drug-likeness (QED) is 0.719. The molecule has 0 bridgehead atoms. The predicted molar refractivity (Wildman–Crippen MR) is 68.2 cm³/mol. The highest BCUT2D eigenvalue weighted by atomic mass is 35.5. The molecular formula is C13H15ClN2. The van der Waals surface area contributed by atoms with Gasteiger partial charge in [-0.25, -0.2) is 0 Å². The summed E-state index contributed by atoms with van der Waals surface area (Å²) in [6.45, 7) is 6.33. The van der Waals surface area contributed by atoms with E-state index in [0.717, 1.165) is 23.7 Å². The lowest BCUT2D eigenvalue weighted by atomic mass is 9.94. The molecule has 0 aliphatic carbocycles. The molecule has 0 amide bonds. The third kappa shape index (κ3) is 1.30. The molecule has 2 nitrogen and oxygen atoms in total. The summed E-state index contributed by atoms with van der Waals surface area (Å²) in [6, 6.07) is 4.14. The first kappa shape index (κ1) is 10.2. The van der Waals surface area contributed by atoms with Crippen molar-refractivity contribution in [1.82, 2.24) is 10.3 Å². The Hall–Kier alpha value is -0.990. The minimum Gasteiger partial charge on any atom is -0.357 e. The fourth-order valence-corrected chi connectivity index (χ4v) is 2.83. The number of hydrogen-bond donors (Lipinski definition) is 2. The average Bonchev–Trinajstić information content (AvgIpc) is 2.64. The average molecular weight is 235 g/mol. The molecule has 16 heavy (non-hydrogen) atoms. The van der Waals surface area contributed by atoms with Crippen LogP contribution >= 0.6 is 11.6 Å². The van der Waals surface area contributed by atoms with Crippen molar-refractivity contribution in [3.8, 4) is 0 Å². The predicted octanol–water partition coefficient (Wildman–Crippen LogP) is 3.34. The first-order valence-electron chi connectivity index (χ1n) is 5.68. The van der Waals surface area contributed by atoms with Crippen LogP contribution in [0.15, 0.2) is 12.1 Å². The van der Waals surface area contributed by atoms with Crippen LogP contribution in [0.5, 0.6) is 0 Å². The molecule has 1 atom stereocenters. The lowest BCUT2D eigenvalue weighted by Crippen LogP contribution is -2.26. The summed E-state index contributed by atoms with van der Waals surface area (Å²) in [5.74, 6) is 0.568. The first-order valence-corrected chi connectivity index (χ1v) is 6.06. The van der Waals surface area contributed by atoms with Crippen LogP contribution in [0.2, 0.25) is 5.02 Å². The van der Waals surface area contributed by atoms with Gasteiger partial charge in [0.15, 0.2) is 0 Å². The minimum atomic E-state index is 0.568. The second-order valence-corrected chi connectivity index (χ2v) is 5.05. The van der Waals surface area contributed by atoms with Gasteiger partial charge >= 0.3 is 0 Å². The highest BCUT2D eigenvalue weighted by Gasteiger charge is 2.21. The van der Waals surface area contributed by atoms with Gasteiger partial charge < -0.3 is 10.3 Å². The molecular weight excluding hydrogens is 220 g/mol. The third-order valence-corrected chi connectivity index (χ3v) is 3.94. The Morgan fingerprint density at radius 2 is 2.19 bits per heavy atom. The van der Waals surface area contributed by atoms with Gasteiger partial charge in [-0.2, -0.15) is 0 Å². The Labute approximate surface area is 100.0 Å². The molecule has 1 aromatic heterocycles. The van der Waals surface area contributed by atoms with Crippen molar-refractivity contribution < 1.29 is 0 Å². The van der Waals surface area contributed by atoms with Crippen molar-refractivity contribution in [3.63, 3.8) is 0 Å². The molecule has 1 aliphatic heterocycles. The molecule has 3 heteroatoms. The fraction of sp³-hybridized carbons (Fsp3) is 0.385. The normalized spacial score (nSPS) is 20.1. The number of benzene rings is 1. The number of aromatic nitrogens is 1.